The maximum Gasteiger partial charge on any atom is 0.253 e. The maximum atomic E-state index is 13.5. The van der Waals surface area contributed by atoms with Gasteiger partial charge in [0.05, 0.1) is 15.6 Å². The fourth-order valence-corrected chi connectivity index (χ4v) is 3.99. The number of amides is 1. The van der Waals surface area contributed by atoms with E-state index >= 15 is 0 Å². The van der Waals surface area contributed by atoms with Gasteiger partial charge in [-0.1, -0.05) is 35.3 Å². The summed E-state index contributed by atoms with van der Waals surface area (Å²) in [4.78, 5) is 14.6. The SMILES string of the molecule is O=C(NCc1ccc(N2CCSCC2)cc1)c1cc(F)c(Cl)cc1Cl. The number of anilines is 1. The summed E-state index contributed by atoms with van der Waals surface area (Å²) in [6, 6.07) is 10.4. The monoisotopic (exact) mass is 398 g/mol. The van der Waals surface area contributed by atoms with E-state index in [0.29, 0.717) is 6.54 Å². The summed E-state index contributed by atoms with van der Waals surface area (Å²) in [5.41, 5.74) is 2.23. The number of nitrogens with zero attached hydrogens (tertiary/aromatic N) is 1. The molecule has 0 saturated carbocycles. The summed E-state index contributed by atoms with van der Waals surface area (Å²) in [6.45, 7) is 2.46. The van der Waals surface area contributed by atoms with Gasteiger partial charge in [0.15, 0.2) is 0 Å². The fourth-order valence-electron chi connectivity index (χ4n) is 2.62. The van der Waals surface area contributed by atoms with Crippen LogP contribution in [0.4, 0.5) is 10.1 Å². The zero-order valence-corrected chi connectivity index (χ0v) is 15.7. The first-order chi connectivity index (χ1) is 12.0. The van der Waals surface area contributed by atoms with Crippen LogP contribution in [0.5, 0.6) is 0 Å². The number of carbonyl (C=O) groups excluding carboxylic acids is 1. The number of thioether (sulfide) groups is 1. The van der Waals surface area contributed by atoms with E-state index in [4.69, 9.17) is 23.2 Å². The van der Waals surface area contributed by atoms with Crippen LogP contribution < -0.4 is 10.2 Å². The second-order valence-corrected chi connectivity index (χ2v) is 7.73. The topological polar surface area (TPSA) is 32.3 Å². The highest BCUT2D eigenvalue weighted by Gasteiger charge is 2.14. The van der Waals surface area contributed by atoms with Crippen LogP contribution in [-0.4, -0.2) is 30.5 Å². The first kappa shape index (κ1) is 18.4. The zero-order valence-electron chi connectivity index (χ0n) is 13.4. The molecule has 1 aliphatic rings. The Morgan fingerprint density at radius 3 is 2.48 bits per heavy atom. The zero-order chi connectivity index (χ0) is 17.8. The number of rotatable bonds is 4. The van der Waals surface area contributed by atoms with Crippen molar-refractivity contribution in [2.45, 2.75) is 6.54 Å². The van der Waals surface area contributed by atoms with Gasteiger partial charge in [-0.15, -0.1) is 0 Å². The number of halogens is 3. The van der Waals surface area contributed by atoms with Crippen molar-refractivity contribution in [3.63, 3.8) is 0 Å². The molecule has 1 aliphatic heterocycles. The van der Waals surface area contributed by atoms with Crippen LogP contribution in [0.2, 0.25) is 10.0 Å². The third-order valence-electron chi connectivity index (χ3n) is 4.02. The minimum absolute atomic E-state index is 0.0750. The van der Waals surface area contributed by atoms with Crippen molar-refractivity contribution in [1.29, 1.82) is 0 Å². The molecular weight excluding hydrogens is 382 g/mol. The highest BCUT2D eigenvalue weighted by Crippen LogP contribution is 2.24. The molecule has 1 amide bonds. The second-order valence-electron chi connectivity index (χ2n) is 5.69. The molecule has 2 aromatic rings. The molecule has 3 nitrogen and oxygen atoms in total. The molecule has 1 fully saturated rings. The first-order valence-corrected chi connectivity index (χ1v) is 9.80. The minimum atomic E-state index is -0.666. The van der Waals surface area contributed by atoms with Crippen LogP contribution in [0.25, 0.3) is 0 Å². The molecule has 3 rings (SSSR count). The summed E-state index contributed by atoms with van der Waals surface area (Å²) in [5.74, 6) is 1.20. The molecule has 0 unspecified atom stereocenters. The number of nitrogens with one attached hydrogen (secondary N) is 1. The largest absolute Gasteiger partial charge is 0.370 e. The Labute approximate surface area is 160 Å². The van der Waals surface area contributed by atoms with Gasteiger partial charge in [0.25, 0.3) is 5.91 Å². The highest BCUT2D eigenvalue weighted by atomic mass is 35.5. The van der Waals surface area contributed by atoms with Gasteiger partial charge in [0, 0.05) is 36.8 Å². The summed E-state index contributed by atoms with van der Waals surface area (Å²) in [6.07, 6.45) is 0. The third-order valence-corrected chi connectivity index (χ3v) is 5.57. The molecule has 0 aromatic heterocycles. The van der Waals surface area contributed by atoms with Gasteiger partial charge >= 0.3 is 0 Å². The van der Waals surface area contributed by atoms with Crippen molar-refractivity contribution < 1.29 is 9.18 Å². The van der Waals surface area contributed by atoms with Crippen molar-refractivity contribution in [1.82, 2.24) is 5.32 Å². The second kappa shape index (κ2) is 8.30. The Bertz CT molecular complexity index is 764. The lowest BCUT2D eigenvalue weighted by Crippen LogP contribution is -2.32. The molecule has 1 heterocycles. The van der Waals surface area contributed by atoms with Gasteiger partial charge in [0.2, 0.25) is 0 Å². The molecule has 0 aliphatic carbocycles. The Kier molecular flexibility index (Phi) is 6.10. The van der Waals surface area contributed by atoms with E-state index in [9.17, 15) is 9.18 Å². The molecule has 132 valence electrons. The Balaban J connectivity index is 1.61. The molecular formula is C18H17Cl2FN2OS. The van der Waals surface area contributed by atoms with Crippen molar-refractivity contribution >= 4 is 46.6 Å². The molecule has 0 radical (unpaired) electrons. The lowest BCUT2D eigenvalue weighted by molar-refractivity contribution is 0.0950. The summed E-state index contributed by atoms with van der Waals surface area (Å²) in [7, 11) is 0. The first-order valence-electron chi connectivity index (χ1n) is 7.89. The lowest BCUT2D eigenvalue weighted by Gasteiger charge is -2.28. The van der Waals surface area contributed by atoms with E-state index in [-0.39, 0.29) is 15.6 Å². The van der Waals surface area contributed by atoms with Crippen molar-refractivity contribution in [3.8, 4) is 0 Å². The summed E-state index contributed by atoms with van der Waals surface area (Å²) < 4.78 is 13.5. The van der Waals surface area contributed by atoms with Gasteiger partial charge in [-0.2, -0.15) is 11.8 Å². The van der Waals surface area contributed by atoms with Gasteiger partial charge < -0.3 is 10.2 Å². The smallest absolute Gasteiger partial charge is 0.253 e. The molecule has 0 atom stereocenters. The van der Waals surface area contributed by atoms with Crippen molar-refractivity contribution in [3.05, 3.63) is 63.4 Å². The van der Waals surface area contributed by atoms with E-state index in [0.717, 1.165) is 36.2 Å². The fraction of sp³-hybridized carbons (Fsp3) is 0.278. The van der Waals surface area contributed by atoms with E-state index in [2.05, 4.69) is 22.3 Å². The van der Waals surface area contributed by atoms with E-state index in [1.54, 1.807) is 0 Å². The normalized spacial score (nSPS) is 14.4. The lowest BCUT2D eigenvalue weighted by atomic mass is 10.1. The van der Waals surface area contributed by atoms with E-state index in [1.807, 2.05) is 23.9 Å². The Morgan fingerprint density at radius 1 is 1.12 bits per heavy atom. The van der Waals surface area contributed by atoms with Crippen LogP contribution in [0.15, 0.2) is 36.4 Å². The molecule has 0 bridgehead atoms. The maximum absolute atomic E-state index is 13.5. The van der Waals surface area contributed by atoms with E-state index in [1.165, 1.54) is 11.8 Å². The third kappa shape index (κ3) is 4.60. The Hall–Kier alpha value is -1.43. The van der Waals surface area contributed by atoms with Gasteiger partial charge in [0.1, 0.15) is 5.82 Å². The van der Waals surface area contributed by atoms with Gasteiger partial charge in [-0.3, -0.25) is 4.79 Å². The average molecular weight is 399 g/mol. The number of hydrogen-bond donors (Lipinski definition) is 1. The van der Waals surface area contributed by atoms with Crippen LogP contribution in [-0.2, 0) is 6.54 Å². The van der Waals surface area contributed by atoms with Gasteiger partial charge in [-0.25, -0.2) is 4.39 Å². The van der Waals surface area contributed by atoms with Gasteiger partial charge in [-0.05, 0) is 29.8 Å². The van der Waals surface area contributed by atoms with Crippen LogP contribution in [0, 0.1) is 5.82 Å². The highest BCUT2D eigenvalue weighted by molar-refractivity contribution is 7.99. The quantitative estimate of drug-likeness (QED) is 0.762. The Morgan fingerprint density at radius 2 is 1.80 bits per heavy atom. The number of benzene rings is 2. The standard InChI is InChI=1S/C18H17Cl2FN2OS/c19-15-10-16(20)17(21)9-14(15)18(24)22-11-12-1-3-13(4-2-12)23-5-7-25-8-6-23/h1-4,9-10H,5-8,11H2,(H,22,24). The average Bonchev–Trinajstić information content (AvgIpc) is 2.64. The van der Waals surface area contributed by atoms with Crippen LogP contribution in [0.1, 0.15) is 15.9 Å². The molecule has 2 aromatic carbocycles. The van der Waals surface area contributed by atoms with Crippen molar-refractivity contribution in [2.75, 3.05) is 29.5 Å². The molecule has 1 saturated heterocycles. The van der Waals surface area contributed by atoms with Crippen LogP contribution >= 0.6 is 35.0 Å². The molecule has 0 spiro atoms. The van der Waals surface area contributed by atoms with Crippen LogP contribution in [0.3, 0.4) is 0 Å². The number of carbonyl (C=O) groups is 1. The van der Waals surface area contributed by atoms with E-state index < -0.39 is 11.7 Å². The number of hydrogen-bond acceptors (Lipinski definition) is 3. The minimum Gasteiger partial charge on any atom is -0.370 e. The molecule has 1 N–H and O–H groups in total. The predicted molar refractivity (Wildman–Crippen MR) is 104 cm³/mol. The summed E-state index contributed by atoms with van der Waals surface area (Å²) in [5, 5.41) is 2.78. The molecule has 7 heteroatoms. The summed E-state index contributed by atoms with van der Waals surface area (Å²) >= 11 is 13.6. The predicted octanol–water partition coefficient (Wildman–Crippen LogP) is 4.62. The van der Waals surface area contributed by atoms with Crippen molar-refractivity contribution in [2.24, 2.45) is 0 Å². The molecule has 25 heavy (non-hydrogen) atoms.